The van der Waals surface area contributed by atoms with Gasteiger partial charge in [-0.1, -0.05) is 52.3 Å². The van der Waals surface area contributed by atoms with E-state index in [4.69, 9.17) is 9.72 Å². The Kier molecular flexibility index (Phi) is 5.85. The Bertz CT molecular complexity index is 1370. The van der Waals surface area contributed by atoms with Gasteiger partial charge in [-0.2, -0.15) is 0 Å². The van der Waals surface area contributed by atoms with Crippen LogP contribution in [0.4, 0.5) is 0 Å². The lowest BCUT2D eigenvalue weighted by Crippen LogP contribution is -2.30. The molecule has 2 aliphatic rings. The van der Waals surface area contributed by atoms with Gasteiger partial charge in [-0.15, -0.1) is 0 Å². The van der Waals surface area contributed by atoms with E-state index in [0.717, 1.165) is 82.7 Å². The van der Waals surface area contributed by atoms with E-state index in [-0.39, 0.29) is 0 Å². The van der Waals surface area contributed by atoms with Crippen molar-refractivity contribution in [2.24, 2.45) is 11.8 Å². The highest BCUT2D eigenvalue weighted by Gasteiger charge is 2.36. The van der Waals surface area contributed by atoms with Crippen LogP contribution in [0.3, 0.4) is 0 Å². The summed E-state index contributed by atoms with van der Waals surface area (Å²) in [6.07, 6.45) is 3.18. The Labute approximate surface area is 213 Å². The fourth-order valence-electron chi connectivity index (χ4n) is 5.12. The molecule has 35 heavy (non-hydrogen) atoms. The molecule has 0 radical (unpaired) electrons. The van der Waals surface area contributed by atoms with Gasteiger partial charge in [0.15, 0.2) is 0 Å². The van der Waals surface area contributed by atoms with E-state index in [9.17, 15) is 4.79 Å². The number of rotatable bonds is 6. The van der Waals surface area contributed by atoms with Crippen LogP contribution in [0.15, 0.2) is 71.2 Å². The Morgan fingerprint density at radius 2 is 1.66 bits per heavy atom. The summed E-state index contributed by atoms with van der Waals surface area (Å²) in [5.74, 6) is 2.92. The van der Waals surface area contributed by atoms with Crippen molar-refractivity contribution in [1.29, 1.82) is 0 Å². The lowest BCUT2D eigenvalue weighted by molar-refractivity contribution is -0.131. The molecule has 0 bridgehead atoms. The number of hydrogen-bond donors (Lipinski definition) is 0. The summed E-state index contributed by atoms with van der Waals surface area (Å²) in [5.41, 5.74) is 5.53. The summed E-state index contributed by atoms with van der Waals surface area (Å²) in [5, 5.41) is 0. The molecule has 1 aromatic heterocycles. The molecule has 0 spiro atoms. The zero-order valence-corrected chi connectivity index (χ0v) is 21.4. The van der Waals surface area contributed by atoms with Gasteiger partial charge in [0.05, 0.1) is 18.1 Å². The molecule has 178 valence electrons. The van der Waals surface area contributed by atoms with Gasteiger partial charge in [-0.3, -0.25) is 4.79 Å². The van der Waals surface area contributed by atoms with Crippen LogP contribution in [0, 0.1) is 11.8 Å². The quantitative estimate of drug-likeness (QED) is 0.290. The van der Waals surface area contributed by atoms with Gasteiger partial charge >= 0.3 is 0 Å². The molecule has 0 unspecified atom stereocenters. The van der Waals surface area contributed by atoms with Crippen LogP contribution in [-0.4, -0.2) is 40.6 Å². The van der Waals surface area contributed by atoms with Crippen LogP contribution in [0.1, 0.15) is 19.3 Å². The molecule has 6 heteroatoms. The fourth-order valence-corrected chi connectivity index (χ4v) is 5.47. The summed E-state index contributed by atoms with van der Waals surface area (Å²) in [6.45, 7) is 2.58. The lowest BCUT2D eigenvalue weighted by atomic mass is 10.0. The van der Waals surface area contributed by atoms with E-state index in [1.54, 1.807) is 7.11 Å². The van der Waals surface area contributed by atoms with Crippen molar-refractivity contribution in [1.82, 2.24) is 14.5 Å². The van der Waals surface area contributed by atoms with E-state index in [0.29, 0.717) is 17.7 Å². The Morgan fingerprint density at radius 1 is 0.971 bits per heavy atom. The molecule has 5 nitrogen and oxygen atoms in total. The molecule has 1 saturated heterocycles. The smallest absolute Gasteiger partial charge is 0.225 e. The predicted molar refractivity (Wildman–Crippen MR) is 142 cm³/mol. The fraction of sp³-hybridized carbons (Fsp3) is 0.310. The van der Waals surface area contributed by atoms with Crippen molar-refractivity contribution in [3.8, 4) is 28.3 Å². The number of hydrogen-bond acceptors (Lipinski definition) is 3. The molecular formula is C29H28BrN3O2. The Morgan fingerprint density at radius 3 is 2.34 bits per heavy atom. The second-order valence-corrected chi connectivity index (χ2v) is 10.6. The van der Waals surface area contributed by atoms with Gasteiger partial charge in [0.1, 0.15) is 11.6 Å². The molecule has 3 aromatic carbocycles. The van der Waals surface area contributed by atoms with Crippen molar-refractivity contribution in [3.05, 3.63) is 71.2 Å². The minimum Gasteiger partial charge on any atom is -0.497 e. The minimum absolute atomic E-state index is 0.290. The number of amides is 1. The number of carbonyl (C=O) groups excluding carboxylic acids is 1. The number of halogens is 1. The predicted octanol–water partition coefficient (Wildman–Crippen LogP) is 6.40. The van der Waals surface area contributed by atoms with E-state index < -0.39 is 0 Å². The third-order valence-corrected chi connectivity index (χ3v) is 7.73. The minimum atomic E-state index is 0.290. The number of ether oxygens (including phenoxy) is 1. The zero-order valence-electron chi connectivity index (χ0n) is 19.8. The largest absolute Gasteiger partial charge is 0.497 e. The summed E-state index contributed by atoms with van der Waals surface area (Å²) in [7, 11) is 1.68. The SMILES string of the molecule is COc1ccc(-c2ccc(-c3nc4ccc(Br)cc4n3C[C@@H]3CCN(C(=O)C4CC4)C3)cc2)cc1. The van der Waals surface area contributed by atoms with E-state index >= 15 is 0 Å². The maximum absolute atomic E-state index is 12.6. The summed E-state index contributed by atoms with van der Waals surface area (Å²) in [4.78, 5) is 19.7. The van der Waals surface area contributed by atoms with Crippen LogP contribution in [-0.2, 0) is 11.3 Å². The van der Waals surface area contributed by atoms with Gasteiger partial charge in [-0.05, 0) is 66.6 Å². The van der Waals surface area contributed by atoms with Crippen molar-refractivity contribution in [3.63, 3.8) is 0 Å². The lowest BCUT2D eigenvalue weighted by Gasteiger charge is -2.18. The van der Waals surface area contributed by atoms with Gasteiger partial charge in [0.2, 0.25) is 5.91 Å². The standard InChI is InChI=1S/C29H28BrN3O2/c1-35-25-11-8-21(9-12-25)20-2-4-22(5-3-20)28-31-26-13-10-24(30)16-27(26)33(28)18-19-14-15-32(17-19)29(34)23-6-7-23/h2-5,8-13,16,19,23H,6-7,14-15,17-18H2,1H3/t19-/m1/s1. The van der Waals surface area contributed by atoms with Crippen LogP contribution < -0.4 is 4.74 Å². The van der Waals surface area contributed by atoms with E-state index in [1.165, 1.54) is 0 Å². The van der Waals surface area contributed by atoms with Crippen molar-refractivity contribution >= 4 is 32.9 Å². The number of benzene rings is 3. The summed E-state index contributed by atoms with van der Waals surface area (Å²) >= 11 is 3.64. The number of fused-ring (bicyclic) bond motifs is 1. The number of nitrogens with zero attached hydrogens (tertiary/aromatic N) is 3. The third-order valence-electron chi connectivity index (χ3n) is 7.24. The first-order valence-corrected chi connectivity index (χ1v) is 13.1. The molecule has 6 rings (SSSR count). The van der Waals surface area contributed by atoms with Crippen LogP contribution in [0.25, 0.3) is 33.5 Å². The monoisotopic (exact) mass is 529 g/mol. The molecule has 1 saturated carbocycles. The second kappa shape index (κ2) is 9.15. The summed E-state index contributed by atoms with van der Waals surface area (Å²) < 4.78 is 8.68. The first kappa shape index (κ1) is 22.4. The number of methoxy groups -OCH3 is 1. The van der Waals surface area contributed by atoms with E-state index in [2.05, 4.69) is 73.9 Å². The van der Waals surface area contributed by atoms with Crippen molar-refractivity contribution in [2.75, 3.05) is 20.2 Å². The highest BCUT2D eigenvalue weighted by atomic mass is 79.9. The number of imidazole rings is 1. The van der Waals surface area contributed by atoms with Gasteiger partial charge < -0.3 is 14.2 Å². The van der Waals surface area contributed by atoms with Crippen LogP contribution in [0.2, 0.25) is 0 Å². The highest BCUT2D eigenvalue weighted by molar-refractivity contribution is 9.10. The second-order valence-electron chi connectivity index (χ2n) is 9.70. The summed E-state index contributed by atoms with van der Waals surface area (Å²) in [6, 6.07) is 23.0. The normalized spacial score (nSPS) is 17.8. The van der Waals surface area contributed by atoms with Crippen molar-refractivity contribution < 1.29 is 9.53 Å². The van der Waals surface area contributed by atoms with Crippen LogP contribution >= 0.6 is 15.9 Å². The van der Waals surface area contributed by atoms with Gasteiger partial charge in [-0.25, -0.2) is 4.98 Å². The molecule has 1 amide bonds. The molecule has 0 N–H and O–H groups in total. The van der Waals surface area contributed by atoms with Crippen molar-refractivity contribution in [2.45, 2.75) is 25.8 Å². The number of aromatic nitrogens is 2. The van der Waals surface area contributed by atoms with Crippen LogP contribution in [0.5, 0.6) is 5.75 Å². The average molecular weight is 530 g/mol. The molecule has 2 fully saturated rings. The number of likely N-dealkylation sites (tertiary alicyclic amines) is 1. The number of carbonyl (C=O) groups is 1. The Balaban J connectivity index is 1.30. The maximum atomic E-state index is 12.6. The highest BCUT2D eigenvalue weighted by Crippen LogP contribution is 2.35. The van der Waals surface area contributed by atoms with Gasteiger partial charge in [0.25, 0.3) is 0 Å². The van der Waals surface area contributed by atoms with Gasteiger partial charge in [0, 0.05) is 35.6 Å². The molecule has 1 aliphatic heterocycles. The Hall–Kier alpha value is -3.12. The van der Waals surface area contributed by atoms with E-state index in [1.807, 2.05) is 18.2 Å². The zero-order chi connectivity index (χ0) is 23.9. The maximum Gasteiger partial charge on any atom is 0.225 e. The first-order chi connectivity index (χ1) is 17.1. The molecule has 1 atom stereocenters. The first-order valence-electron chi connectivity index (χ1n) is 12.3. The molecule has 4 aromatic rings. The molecule has 2 heterocycles. The molecular weight excluding hydrogens is 502 g/mol. The average Bonchev–Trinajstić information content (AvgIpc) is 3.55. The molecule has 1 aliphatic carbocycles. The third kappa shape index (κ3) is 4.47. The topological polar surface area (TPSA) is 47.4 Å².